The molecule has 1 aliphatic heterocycles. The highest BCUT2D eigenvalue weighted by atomic mass is 16.1. The van der Waals surface area contributed by atoms with Crippen LogP contribution in [0, 0.1) is 6.92 Å². The number of para-hydroxylation sites is 1. The molecule has 0 radical (unpaired) electrons. The molecule has 2 rings (SSSR count). The fourth-order valence-electron chi connectivity index (χ4n) is 2.57. The fourth-order valence-corrected chi connectivity index (χ4v) is 2.57. The minimum Gasteiger partial charge on any atom is -0.382 e. The minimum absolute atomic E-state index is 0.153. The Hall–Kier alpha value is -1.55. The topological polar surface area (TPSA) is 58.4 Å². The number of rotatable bonds is 4. The Bertz CT molecular complexity index is 439. The predicted molar refractivity (Wildman–Crippen MR) is 78.1 cm³/mol. The number of aryl methyl sites for hydroxylation is 1. The second-order valence-corrected chi connectivity index (χ2v) is 5.35. The summed E-state index contributed by atoms with van der Waals surface area (Å²) in [5.74, 6) is -0.231. The van der Waals surface area contributed by atoms with Gasteiger partial charge in [0, 0.05) is 24.8 Å². The van der Waals surface area contributed by atoms with Crippen LogP contribution in [0.1, 0.15) is 25.3 Å². The summed E-state index contributed by atoms with van der Waals surface area (Å²) in [6, 6.07) is 8.68. The van der Waals surface area contributed by atoms with E-state index < -0.39 is 0 Å². The number of hydrogen-bond donors (Lipinski definition) is 2. The van der Waals surface area contributed by atoms with Crippen molar-refractivity contribution in [1.29, 1.82) is 0 Å². The molecule has 0 saturated carbocycles. The molecule has 0 aliphatic carbocycles. The fraction of sp³-hybridized carbons (Fsp3) is 0.533. The second kappa shape index (κ2) is 6.06. The summed E-state index contributed by atoms with van der Waals surface area (Å²) in [5.41, 5.74) is 7.83. The first-order chi connectivity index (χ1) is 9.08. The molecule has 4 heteroatoms. The summed E-state index contributed by atoms with van der Waals surface area (Å²) >= 11 is 0. The Labute approximate surface area is 115 Å². The van der Waals surface area contributed by atoms with E-state index in [9.17, 15) is 4.79 Å². The zero-order valence-electron chi connectivity index (χ0n) is 11.7. The lowest BCUT2D eigenvalue weighted by Crippen LogP contribution is -2.48. The normalized spacial score (nSPS) is 19.1. The van der Waals surface area contributed by atoms with Crippen LogP contribution < -0.4 is 11.1 Å². The standard InChI is InChI=1S/C15H23N3O/c1-11-5-3-4-6-14(11)17-13-7-9-18(10-8-13)12(2)15(16)19/h3-6,12-13,17H,7-10H2,1-2H3,(H2,16,19)/t12-/m0/s1. The Morgan fingerprint density at radius 2 is 2.00 bits per heavy atom. The van der Waals surface area contributed by atoms with Gasteiger partial charge in [0.2, 0.25) is 5.91 Å². The molecule has 3 N–H and O–H groups in total. The van der Waals surface area contributed by atoms with Crippen molar-refractivity contribution in [3.63, 3.8) is 0 Å². The van der Waals surface area contributed by atoms with E-state index in [2.05, 4.69) is 41.4 Å². The van der Waals surface area contributed by atoms with E-state index in [1.54, 1.807) is 0 Å². The number of carbonyl (C=O) groups excluding carboxylic acids is 1. The average molecular weight is 261 g/mol. The van der Waals surface area contributed by atoms with Crippen molar-refractivity contribution in [2.45, 2.75) is 38.8 Å². The van der Waals surface area contributed by atoms with Crippen LogP contribution >= 0.6 is 0 Å². The van der Waals surface area contributed by atoms with E-state index >= 15 is 0 Å². The van der Waals surface area contributed by atoms with Crippen molar-refractivity contribution in [2.24, 2.45) is 5.73 Å². The van der Waals surface area contributed by atoms with Gasteiger partial charge in [-0.05, 0) is 38.3 Å². The largest absolute Gasteiger partial charge is 0.382 e. The van der Waals surface area contributed by atoms with Gasteiger partial charge in [0.25, 0.3) is 0 Å². The third-order valence-electron chi connectivity index (χ3n) is 3.99. The summed E-state index contributed by atoms with van der Waals surface area (Å²) in [4.78, 5) is 13.3. The lowest BCUT2D eigenvalue weighted by Gasteiger charge is -2.35. The number of carbonyl (C=O) groups is 1. The first-order valence-corrected chi connectivity index (χ1v) is 6.93. The van der Waals surface area contributed by atoms with Gasteiger partial charge in [-0.3, -0.25) is 9.69 Å². The van der Waals surface area contributed by atoms with Crippen LogP contribution in [0.25, 0.3) is 0 Å². The van der Waals surface area contributed by atoms with Crippen molar-refractivity contribution >= 4 is 11.6 Å². The highest BCUT2D eigenvalue weighted by molar-refractivity contribution is 5.79. The highest BCUT2D eigenvalue weighted by Gasteiger charge is 2.25. The molecule has 4 nitrogen and oxygen atoms in total. The Morgan fingerprint density at radius 3 is 2.58 bits per heavy atom. The van der Waals surface area contributed by atoms with Gasteiger partial charge in [-0.15, -0.1) is 0 Å². The van der Waals surface area contributed by atoms with E-state index in [1.165, 1.54) is 11.3 Å². The number of nitrogens with two attached hydrogens (primary N) is 1. The number of hydrogen-bond acceptors (Lipinski definition) is 3. The molecular formula is C15H23N3O. The molecule has 1 aliphatic rings. The van der Waals surface area contributed by atoms with Crippen LogP contribution in [0.3, 0.4) is 0 Å². The highest BCUT2D eigenvalue weighted by Crippen LogP contribution is 2.20. The van der Waals surface area contributed by atoms with Crippen LogP contribution in [0.4, 0.5) is 5.69 Å². The molecule has 0 spiro atoms. The van der Waals surface area contributed by atoms with Crippen LogP contribution in [0.2, 0.25) is 0 Å². The van der Waals surface area contributed by atoms with Gasteiger partial charge in [-0.25, -0.2) is 0 Å². The third kappa shape index (κ3) is 3.47. The summed E-state index contributed by atoms with van der Waals surface area (Å²) in [5, 5.41) is 3.59. The Morgan fingerprint density at radius 1 is 1.37 bits per heavy atom. The van der Waals surface area contributed by atoms with Crippen molar-refractivity contribution < 1.29 is 4.79 Å². The van der Waals surface area contributed by atoms with Gasteiger partial charge in [-0.2, -0.15) is 0 Å². The monoisotopic (exact) mass is 261 g/mol. The van der Waals surface area contributed by atoms with E-state index in [-0.39, 0.29) is 11.9 Å². The predicted octanol–water partition coefficient (Wildman–Crippen LogP) is 1.75. The molecule has 1 heterocycles. The zero-order chi connectivity index (χ0) is 13.8. The first-order valence-electron chi connectivity index (χ1n) is 6.93. The Balaban J connectivity index is 1.87. The van der Waals surface area contributed by atoms with Crippen molar-refractivity contribution in [1.82, 2.24) is 4.90 Å². The molecule has 0 bridgehead atoms. The number of benzene rings is 1. The maximum Gasteiger partial charge on any atom is 0.234 e. The molecule has 1 atom stereocenters. The summed E-state index contributed by atoms with van der Waals surface area (Å²) in [7, 11) is 0. The molecular weight excluding hydrogens is 238 g/mol. The quantitative estimate of drug-likeness (QED) is 0.868. The minimum atomic E-state index is -0.231. The smallest absolute Gasteiger partial charge is 0.234 e. The van der Waals surface area contributed by atoms with Gasteiger partial charge in [-0.1, -0.05) is 18.2 Å². The summed E-state index contributed by atoms with van der Waals surface area (Å²) in [6.07, 6.45) is 2.10. The molecule has 1 aromatic rings. The van der Waals surface area contributed by atoms with E-state index in [0.29, 0.717) is 6.04 Å². The van der Waals surface area contributed by atoms with Crippen molar-refractivity contribution in [2.75, 3.05) is 18.4 Å². The number of primary amides is 1. The van der Waals surface area contributed by atoms with Crippen LogP contribution in [-0.2, 0) is 4.79 Å². The van der Waals surface area contributed by atoms with E-state index in [1.807, 2.05) is 6.92 Å². The maximum absolute atomic E-state index is 11.2. The van der Waals surface area contributed by atoms with E-state index in [4.69, 9.17) is 5.73 Å². The number of likely N-dealkylation sites (tertiary alicyclic amines) is 1. The van der Waals surface area contributed by atoms with E-state index in [0.717, 1.165) is 25.9 Å². The summed E-state index contributed by atoms with van der Waals surface area (Å²) in [6.45, 7) is 5.85. The summed E-state index contributed by atoms with van der Waals surface area (Å²) < 4.78 is 0. The molecule has 1 amide bonds. The van der Waals surface area contributed by atoms with Gasteiger partial charge >= 0.3 is 0 Å². The molecule has 104 valence electrons. The average Bonchev–Trinajstić information content (AvgIpc) is 2.41. The van der Waals surface area contributed by atoms with Crippen LogP contribution in [-0.4, -0.2) is 36.0 Å². The maximum atomic E-state index is 11.2. The number of piperidine rings is 1. The van der Waals surface area contributed by atoms with Crippen LogP contribution in [0.15, 0.2) is 24.3 Å². The lowest BCUT2D eigenvalue weighted by atomic mass is 10.0. The first kappa shape index (κ1) is 13.9. The van der Waals surface area contributed by atoms with Crippen molar-refractivity contribution in [3.05, 3.63) is 29.8 Å². The molecule has 1 fully saturated rings. The molecule has 0 aromatic heterocycles. The van der Waals surface area contributed by atoms with Gasteiger partial charge in [0.1, 0.15) is 0 Å². The second-order valence-electron chi connectivity index (χ2n) is 5.35. The van der Waals surface area contributed by atoms with Gasteiger partial charge in [0.15, 0.2) is 0 Å². The number of nitrogens with one attached hydrogen (secondary N) is 1. The zero-order valence-corrected chi connectivity index (χ0v) is 11.7. The number of anilines is 1. The van der Waals surface area contributed by atoms with Crippen LogP contribution in [0.5, 0.6) is 0 Å². The Kier molecular flexibility index (Phi) is 4.43. The number of nitrogens with zero attached hydrogens (tertiary/aromatic N) is 1. The molecule has 1 aromatic carbocycles. The third-order valence-corrected chi connectivity index (χ3v) is 3.99. The molecule has 0 unspecified atom stereocenters. The molecule has 19 heavy (non-hydrogen) atoms. The lowest BCUT2D eigenvalue weighted by molar-refractivity contribution is -0.123. The van der Waals surface area contributed by atoms with Crippen molar-refractivity contribution in [3.8, 4) is 0 Å². The number of amides is 1. The van der Waals surface area contributed by atoms with Gasteiger partial charge < -0.3 is 11.1 Å². The molecule has 1 saturated heterocycles. The SMILES string of the molecule is Cc1ccccc1NC1CCN([C@@H](C)C(N)=O)CC1. The van der Waals surface area contributed by atoms with Gasteiger partial charge in [0.05, 0.1) is 6.04 Å².